The quantitative estimate of drug-likeness (QED) is 0.327. The van der Waals surface area contributed by atoms with Crippen molar-refractivity contribution in [2.75, 3.05) is 13.2 Å². The Morgan fingerprint density at radius 3 is 1.63 bits per heavy atom. The van der Waals surface area contributed by atoms with Gasteiger partial charge in [0.15, 0.2) is 0 Å². The van der Waals surface area contributed by atoms with Crippen LogP contribution >= 0.6 is 0 Å². The largest absolute Gasteiger partial charge is 0.462 e. The monoisotopic (exact) mass is 395 g/mol. The first-order valence-electron chi connectivity index (χ1n) is 8.15. The summed E-state index contributed by atoms with van der Waals surface area (Å²) in [6, 6.07) is 0. The lowest BCUT2D eigenvalue weighted by Crippen LogP contribution is -2.48. The summed E-state index contributed by atoms with van der Waals surface area (Å²) in [7, 11) is 0. The Balaban J connectivity index is 5.29. The molecule has 156 valence electrons. The predicted octanol–water partition coefficient (Wildman–Crippen LogP) is 2.59. The molecule has 0 aromatic carbocycles. The fourth-order valence-corrected chi connectivity index (χ4v) is 1.39. The van der Waals surface area contributed by atoms with E-state index in [9.17, 15) is 23.2 Å². The summed E-state index contributed by atoms with van der Waals surface area (Å²) in [5.74, 6) is -6.39. The molecule has 0 spiro atoms. The van der Waals surface area contributed by atoms with Crippen LogP contribution in [-0.4, -0.2) is 54.4 Å². The van der Waals surface area contributed by atoms with Gasteiger partial charge in [0.1, 0.15) is 17.7 Å². The second kappa shape index (κ2) is 9.47. The van der Waals surface area contributed by atoms with Gasteiger partial charge in [0, 0.05) is 0 Å². The molecule has 0 heterocycles. The molecule has 0 fully saturated rings. The van der Waals surface area contributed by atoms with Gasteiger partial charge in [0.25, 0.3) is 0 Å². The Morgan fingerprint density at radius 1 is 0.889 bits per heavy atom. The Labute approximate surface area is 156 Å². The number of carbonyl (C=O) groups excluding carboxylic acids is 3. The molecule has 0 aliphatic rings. The summed E-state index contributed by atoms with van der Waals surface area (Å²) in [5.41, 5.74) is -1.76. The zero-order valence-electron chi connectivity index (χ0n) is 16.6. The molecule has 0 aromatic rings. The summed E-state index contributed by atoms with van der Waals surface area (Å²) in [6.45, 7) is 9.26. The Morgan fingerprint density at radius 2 is 1.30 bits per heavy atom. The molecule has 0 rings (SSSR count). The average Bonchev–Trinajstić information content (AvgIpc) is 2.40. The number of hydrogen-bond acceptors (Lipinski definition) is 7. The van der Waals surface area contributed by atoms with E-state index in [0.717, 1.165) is 0 Å². The van der Waals surface area contributed by atoms with E-state index in [1.807, 2.05) is 10.6 Å². The van der Waals surface area contributed by atoms with Crippen molar-refractivity contribution in [2.45, 2.75) is 65.6 Å². The minimum absolute atomic E-state index is 0.239. The molecule has 0 unspecified atom stereocenters. The summed E-state index contributed by atoms with van der Waals surface area (Å²) in [5, 5.41) is 4.05. The SMILES string of the molecule is CCOC(=O)C(F)(F)CN=C(NC(=O)OC(C)(C)C)NC(=O)OC(C)(C)C. The minimum Gasteiger partial charge on any atom is -0.462 e. The highest BCUT2D eigenvalue weighted by molar-refractivity contribution is 6.01. The van der Waals surface area contributed by atoms with Crippen molar-refractivity contribution in [2.24, 2.45) is 4.99 Å². The number of aliphatic imine (C=N–C) groups is 1. The molecule has 0 radical (unpaired) electrons. The third kappa shape index (κ3) is 11.7. The normalized spacial score (nSPS) is 11.9. The van der Waals surface area contributed by atoms with Gasteiger partial charge in [0.2, 0.25) is 5.96 Å². The van der Waals surface area contributed by atoms with Crippen LogP contribution in [0, 0.1) is 0 Å². The molecule has 0 saturated carbocycles. The number of nitrogens with one attached hydrogen (secondary N) is 2. The van der Waals surface area contributed by atoms with Crippen LogP contribution in [0.25, 0.3) is 0 Å². The number of alkyl carbamates (subject to hydrolysis) is 2. The summed E-state index contributed by atoms with van der Waals surface area (Å²) in [6.07, 6.45) is -2.09. The number of alkyl halides is 2. The predicted molar refractivity (Wildman–Crippen MR) is 92.6 cm³/mol. The summed E-state index contributed by atoms with van der Waals surface area (Å²) < 4.78 is 41.6. The van der Waals surface area contributed by atoms with Crippen molar-refractivity contribution in [3.63, 3.8) is 0 Å². The van der Waals surface area contributed by atoms with Crippen LogP contribution < -0.4 is 10.6 Å². The lowest BCUT2D eigenvalue weighted by Gasteiger charge is -2.22. The van der Waals surface area contributed by atoms with E-state index in [0.29, 0.717) is 0 Å². The molecule has 11 heteroatoms. The van der Waals surface area contributed by atoms with Gasteiger partial charge in [-0.05, 0) is 48.5 Å². The van der Waals surface area contributed by atoms with Crippen molar-refractivity contribution in [3.05, 3.63) is 0 Å². The van der Waals surface area contributed by atoms with Crippen molar-refractivity contribution in [3.8, 4) is 0 Å². The third-order valence-corrected chi connectivity index (χ3v) is 2.25. The van der Waals surface area contributed by atoms with Gasteiger partial charge in [-0.3, -0.25) is 10.6 Å². The van der Waals surface area contributed by atoms with Crippen LogP contribution in [-0.2, 0) is 19.0 Å². The fraction of sp³-hybridized carbons (Fsp3) is 0.750. The van der Waals surface area contributed by atoms with E-state index < -0.39 is 47.8 Å². The van der Waals surface area contributed by atoms with Gasteiger partial charge in [-0.15, -0.1) is 0 Å². The van der Waals surface area contributed by atoms with E-state index >= 15 is 0 Å². The smallest absolute Gasteiger partial charge is 0.414 e. The Bertz CT molecular complexity index is 548. The molecule has 2 N–H and O–H groups in total. The van der Waals surface area contributed by atoms with Crippen LogP contribution in [0.2, 0.25) is 0 Å². The fourth-order valence-electron chi connectivity index (χ4n) is 1.39. The number of esters is 1. The first-order chi connectivity index (χ1) is 12.1. The van der Waals surface area contributed by atoms with Crippen molar-refractivity contribution < 1.29 is 37.4 Å². The number of ether oxygens (including phenoxy) is 3. The molecule has 9 nitrogen and oxygen atoms in total. The zero-order chi connectivity index (χ0) is 21.5. The number of amides is 2. The van der Waals surface area contributed by atoms with Gasteiger partial charge in [-0.25, -0.2) is 19.4 Å². The lowest BCUT2D eigenvalue weighted by molar-refractivity contribution is -0.169. The van der Waals surface area contributed by atoms with Crippen LogP contribution in [0.4, 0.5) is 18.4 Å². The maximum absolute atomic E-state index is 13.7. The van der Waals surface area contributed by atoms with Crippen molar-refractivity contribution in [1.29, 1.82) is 0 Å². The maximum Gasteiger partial charge on any atom is 0.414 e. The Kier molecular flexibility index (Phi) is 8.61. The Hall–Kier alpha value is -2.46. The summed E-state index contributed by atoms with van der Waals surface area (Å²) in [4.78, 5) is 38.2. The van der Waals surface area contributed by atoms with Crippen LogP contribution in [0.1, 0.15) is 48.5 Å². The highest BCUT2D eigenvalue weighted by atomic mass is 19.3. The van der Waals surface area contributed by atoms with Gasteiger partial charge >= 0.3 is 24.1 Å². The van der Waals surface area contributed by atoms with Crippen LogP contribution in [0.3, 0.4) is 0 Å². The molecule has 0 bridgehead atoms. The number of hydrogen-bond donors (Lipinski definition) is 2. The molecule has 0 aliphatic heterocycles. The first kappa shape index (κ1) is 24.5. The minimum atomic E-state index is -3.95. The van der Waals surface area contributed by atoms with Crippen molar-refractivity contribution >= 4 is 24.1 Å². The number of rotatable bonds is 4. The van der Waals surface area contributed by atoms with Gasteiger partial charge in [-0.2, -0.15) is 8.78 Å². The molecule has 27 heavy (non-hydrogen) atoms. The van der Waals surface area contributed by atoms with E-state index in [-0.39, 0.29) is 6.61 Å². The zero-order valence-corrected chi connectivity index (χ0v) is 16.6. The molecule has 2 amide bonds. The summed E-state index contributed by atoms with van der Waals surface area (Å²) >= 11 is 0. The topological polar surface area (TPSA) is 115 Å². The molecular weight excluding hydrogens is 368 g/mol. The van der Waals surface area contributed by atoms with E-state index in [1.165, 1.54) is 6.92 Å². The maximum atomic E-state index is 13.7. The number of halogens is 2. The number of nitrogens with zero attached hydrogens (tertiary/aromatic N) is 1. The average molecular weight is 395 g/mol. The number of guanidine groups is 1. The third-order valence-electron chi connectivity index (χ3n) is 2.25. The second-order valence-electron chi connectivity index (χ2n) is 7.34. The van der Waals surface area contributed by atoms with Gasteiger partial charge in [0.05, 0.1) is 6.61 Å². The molecule has 0 aromatic heterocycles. The van der Waals surface area contributed by atoms with E-state index in [4.69, 9.17) is 9.47 Å². The molecular formula is C16H27F2N3O6. The second-order valence-corrected chi connectivity index (χ2v) is 7.34. The first-order valence-corrected chi connectivity index (χ1v) is 8.15. The van der Waals surface area contributed by atoms with Crippen LogP contribution in [0.5, 0.6) is 0 Å². The number of carbonyl (C=O) groups is 3. The lowest BCUT2D eigenvalue weighted by atomic mass is 10.2. The highest BCUT2D eigenvalue weighted by Crippen LogP contribution is 2.16. The van der Waals surface area contributed by atoms with E-state index in [2.05, 4.69) is 9.73 Å². The van der Waals surface area contributed by atoms with Crippen LogP contribution in [0.15, 0.2) is 4.99 Å². The van der Waals surface area contributed by atoms with Crippen molar-refractivity contribution in [1.82, 2.24) is 10.6 Å². The molecule has 0 atom stereocenters. The standard InChI is InChI=1S/C16H27F2N3O6/c1-8-25-10(22)16(17,18)9-19-11(20-12(23)26-14(2,3)4)21-13(24)27-15(5,6)7/h8-9H2,1-7H3,(H2,19,20,21,23,24). The van der Waals surface area contributed by atoms with Gasteiger partial charge in [-0.1, -0.05) is 0 Å². The van der Waals surface area contributed by atoms with E-state index in [1.54, 1.807) is 41.5 Å². The highest BCUT2D eigenvalue weighted by Gasteiger charge is 2.40. The molecule has 0 saturated heterocycles. The van der Waals surface area contributed by atoms with Gasteiger partial charge < -0.3 is 14.2 Å². The molecule has 0 aliphatic carbocycles.